The first-order chi connectivity index (χ1) is 12.0. The molecule has 2 aromatic rings. The Morgan fingerprint density at radius 2 is 1.84 bits per heavy atom. The van der Waals surface area contributed by atoms with Gasteiger partial charge < -0.3 is 4.74 Å². The van der Waals surface area contributed by atoms with Gasteiger partial charge in [0.05, 0.1) is 15.7 Å². The summed E-state index contributed by atoms with van der Waals surface area (Å²) in [6.07, 6.45) is 3.16. The van der Waals surface area contributed by atoms with E-state index in [0.29, 0.717) is 5.75 Å². The summed E-state index contributed by atoms with van der Waals surface area (Å²) in [7, 11) is -1.84. The normalized spacial score (nSPS) is 11.7. The van der Waals surface area contributed by atoms with Crippen molar-refractivity contribution in [3.8, 4) is 5.75 Å². The monoisotopic (exact) mass is 361 g/mol. The Labute approximate surface area is 148 Å². The largest absolute Gasteiger partial charge is 0.426 e. The van der Waals surface area contributed by atoms with Crippen molar-refractivity contribution in [3.63, 3.8) is 0 Å². The Morgan fingerprint density at radius 1 is 1.16 bits per heavy atom. The molecular formula is C18H19NO5S. The highest BCUT2D eigenvalue weighted by molar-refractivity contribution is 7.85. The summed E-state index contributed by atoms with van der Waals surface area (Å²) in [5.74, 6) is -0.773. The van der Waals surface area contributed by atoms with Crippen LogP contribution in [-0.2, 0) is 22.0 Å². The number of unbranched alkanes of at least 4 members (excludes halogenated alkanes) is 1. The summed E-state index contributed by atoms with van der Waals surface area (Å²) in [5, 5.41) is 11.0. The van der Waals surface area contributed by atoms with Crippen LogP contribution in [0.15, 0.2) is 53.4 Å². The molecular weight excluding hydrogens is 342 g/mol. The maximum absolute atomic E-state index is 12.2. The smallest absolute Gasteiger partial charge is 0.324 e. The summed E-state index contributed by atoms with van der Waals surface area (Å²) in [5.41, 5.74) is 0.888. The minimum absolute atomic E-state index is 0.0133. The third kappa shape index (κ3) is 5.49. The molecule has 0 aromatic heterocycles. The molecule has 0 aliphatic rings. The third-order valence-corrected chi connectivity index (χ3v) is 4.86. The van der Waals surface area contributed by atoms with Crippen LogP contribution in [0.2, 0.25) is 0 Å². The summed E-state index contributed by atoms with van der Waals surface area (Å²) < 4.78 is 17.4. The molecule has 2 aromatic carbocycles. The molecule has 2 rings (SSSR count). The van der Waals surface area contributed by atoms with Gasteiger partial charge in [0.25, 0.3) is 5.69 Å². The van der Waals surface area contributed by atoms with E-state index in [0.717, 1.165) is 24.8 Å². The average Bonchev–Trinajstić information content (AvgIpc) is 2.61. The highest BCUT2D eigenvalue weighted by Gasteiger charge is 2.21. The molecule has 0 bridgehead atoms. The Balaban J connectivity index is 1.98. The van der Waals surface area contributed by atoms with Gasteiger partial charge in [0.15, 0.2) is 0 Å². The zero-order valence-corrected chi connectivity index (χ0v) is 14.7. The lowest BCUT2D eigenvalue weighted by Crippen LogP contribution is -2.17. The molecule has 0 N–H and O–H groups in total. The molecule has 25 heavy (non-hydrogen) atoms. The number of nitro benzene ring substituents is 1. The number of para-hydroxylation sites is 1. The number of hydrogen-bond donors (Lipinski definition) is 0. The molecule has 7 heteroatoms. The van der Waals surface area contributed by atoms with Gasteiger partial charge >= 0.3 is 5.97 Å². The fraction of sp³-hybridized carbons (Fsp3) is 0.278. The molecule has 0 radical (unpaired) electrons. The molecule has 6 nitrogen and oxygen atoms in total. The molecule has 132 valence electrons. The van der Waals surface area contributed by atoms with Gasteiger partial charge in [-0.2, -0.15) is 0 Å². The van der Waals surface area contributed by atoms with Crippen LogP contribution < -0.4 is 4.74 Å². The quantitative estimate of drug-likeness (QED) is 0.310. The van der Waals surface area contributed by atoms with Crippen LogP contribution in [-0.4, -0.2) is 20.9 Å². The second-order valence-corrected chi connectivity index (χ2v) is 6.86. The predicted molar refractivity (Wildman–Crippen MR) is 95.1 cm³/mol. The first-order valence-electron chi connectivity index (χ1n) is 7.92. The summed E-state index contributed by atoms with van der Waals surface area (Å²) in [6, 6.07) is 12.8. The SMILES string of the molecule is CCCCc1ccc(OC(=O)C[S@](=O)c2ccccc2[N+](=O)[O-])cc1. The number of benzene rings is 2. The lowest BCUT2D eigenvalue weighted by atomic mass is 10.1. The molecule has 0 aliphatic heterocycles. The maximum Gasteiger partial charge on any atom is 0.324 e. The van der Waals surface area contributed by atoms with Crippen molar-refractivity contribution < 1.29 is 18.7 Å². The van der Waals surface area contributed by atoms with Crippen LogP contribution in [0.4, 0.5) is 5.69 Å². The number of hydrogen-bond acceptors (Lipinski definition) is 5. The molecule has 0 spiro atoms. The third-order valence-electron chi connectivity index (χ3n) is 3.53. The summed E-state index contributed by atoms with van der Waals surface area (Å²) in [6.45, 7) is 2.12. The number of rotatable bonds is 8. The van der Waals surface area contributed by atoms with Gasteiger partial charge in [-0.1, -0.05) is 37.6 Å². The van der Waals surface area contributed by atoms with Gasteiger partial charge in [0.1, 0.15) is 16.4 Å². The van der Waals surface area contributed by atoms with Crippen molar-refractivity contribution in [1.29, 1.82) is 0 Å². The number of nitrogens with zero attached hydrogens (tertiary/aromatic N) is 1. The molecule has 0 unspecified atom stereocenters. The van der Waals surface area contributed by atoms with Crippen molar-refractivity contribution in [2.45, 2.75) is 31.1 Å². The van der Waals surface area contributed by atoms with E-state index in [1.807, 2.05) is 12.1 Å². The van der Waals surface area contributed by atoms with E-state index in [4.69, 9.17) is 4.74 Å². The zero-order chi connectivity index (χ0) is 18.2. The van der Waals surface area contributed by atoms with E-state index in [1.54, 1.807) is 18.2 Å². The van der Waals surface area contributed by atoms with E-state index in [1.165, 1.54) is 18.2 Å². The predicted octanol–water partition coefficient (Wildman–Crippen LogP) is 3.65. The second-order valence-electron chi connectivity index (χ2n) is 5.44. The lowest BCUT2D eigenvalue weighted by Gasteiger charge is -2.06. The topological polar surface area (TPSA) is 86.5 Å². The highest BCUT2D eigenvalue weighted by atomic mass is 32.2. The van der Waals surface area contributed by atoms with Crippen molar-refractivity contribution in [3.05, 3.63) is 64.2 Å². The maximum atomic E-state index is 12.2. The van der Waals surface area contributed by atoms with Crippen LogP contribution in [0, 0.1) is 10.1 Å². The minimum atomic E-state index is -1.84. The first-order valence-corrected chi connectivity index (χ1v) is 9.24. The number of ether oxygens (including phenoxy) is 1. The van der Waals surface area contributed by atoms with Crippen molar-refractivity contribution in [1.82, 2.24) is 0 Å². The number of carbonyl (C=O) groups excluding carboxylic acids is 1. The van der Waals surface area contributed by atoms with E-state index < -0.39 is 27.4 Å². The molecule has 0 saturated carbocycles. The summed E-state index contributed by atoms with van der Waals surface area (Å²) >= 11 is 0. The van der Waals surface area contributed by atoms with Crippen molar-refractivity contribution >= 4 is 22.5 Å². The second kappa shape index (κ2) is 9.08. The number of esters is 1. The zero-order valence-electron chi connectivity index (χ0n) is 13.8. The standard InChI is InChI=1S/C18H19NO5S/c1-2-3-6-14-9-11-15(12-10-14)24-18(20)13-25(23)17-8-5-4-7-16(17)19(21)22/h4-5,7-12H,2-3,6,13H2,1H3/t25-/m0/s1. The summed E-state index contributed by atoms with van der Waals surface area (Å²) in [4.78, 5) is 22.3. The van der Waals surface area contributed by atoms with Gasteiger partial charge in [0, 0.05) is 6.07 Å². The van der Waals surface area contributed by atoms with E-state index in [2.05, 4.69) is 6.92 Å². The Hall–Kier alpha value is -2.54. The van der Waals surface area contributed by atoms with Crippen LogP contribution >= 0.6 is 0 Å². The lowest BCUT2D eigenvalue weighted by molar-refractivity contribution is -0.387. The molecule has 0 aliphatic carbocycles. The number of aryl methyl sites for hydroxylation is 1. The molecule has 0 saturated heterocycles. The van der Waals surface area contributed by atoms with Crippen LogP contribution in [0.3, 0.4) is 0 Å². The average molecular weight is 361 g/mol. The Morgan fingerprint density at radius 3 is 2.48 bits per heavy atom. The van der Waals surface area contributed by atoms with Crippen LogP contribution in [0.5, 0.6) is 5.75 Å². The highest BCUT2D eigenvalue weighted by Crippen LogP contribution is 2.22. The molecule has 0 heterocycles. The van der Waals surface area contributed by atoms with Gasteiger partial charge in [-0.05, 0) is 36.6 Å². The fourth-order valence-corrected chi connectivity index (χ4v) is 3.29. The van der Waals surface area contributed by atoms with Gasteiger partial charge in [0.2, 0.25) is 0 Å². The van der Waals surface area contributed by atoms with Crippen LogP contribution in [0.25, 0.3) is 0 Å². The van der Waals surface area contributed by atoms with E-state index in [9.17, 15) is 19.1 Å². The number of nitro groups is 1. The number of carbonyl (C=O) groups is 1. The molecule has 0 amide bonds. The van der Waals surface area contributed by atoms with E-state index >= 15 is 0 Å². The van der Waals surface area contributed by atoms with Crippen molar-refractivity contribution in [2.24, 2.45) is 0 Å². The van der Waals surface area contributed by atoms with Gasteiger partial charge in [-0.25, -0.2) is 0 Å². The van der Waals surface area contributed by atoms with E-state index in [-0.39, 0.29) is 10.6 Å². The Kier molecular flexibility index (Phi) is 6.82. The minimum Gasteiger partial charge on any atom is -0.426 e. The first kappa shape index (κ1) is 18.8. The van der Waals surface area contributed by atoms with Crippen molar-refractivity contribution in [2.75, 3.05) is 5.75 Å². The molecule has 0 fully saturated rings. The molecule has 1 atom stereocenters. The van der Waals surface area contributed by atoms with Gasteiger partial charge in [-0.15, -0.1) is 0 Å². The van der Waals surface area contributed by atoms with Crippen LogP contribution in [0.1, 0.15) is 25.3 Å². The van der Waals surface area contributed by atoms with Gasteiger partial charge in [-0.3, -0.25) is 19.1 Å². The Bertz CT molecular complexity index is 773. The fourth-order valence-electron chi connectivity index (χ4n) is 2.25.